The van der Waals surface area contributed by atoms with E-state index in [9.17, 15) is 4.79 Å². The minimum Gasteiger partial charge on any atom is -0.360 e. The highest BCUT2D eigenvalue weighted by Crippen LogP contribution is 2.26. The van der Waals surface area contributed by atoms with Crippen LogP contribution in [0.1, 0.15) is 31.4 Å². The van der Waals surface area contributed by atoms with Gasteiger partial charge < -0.3 is 14.7 Å². The second-order valence-electron chi connectivity index (χ2n) is 5.48. The topological polar surface area (TPSA) is 58.4 Å². The number of anilines is 1. The lowest BCUT2D eigenvalue weighted by atomic mass is 10.2. The number of carbonyl (C=O) groups is 1. The van der Waals surface area contributed by atoms with Crippen molar-refractivity contribution in [2.45, 2.75) is 38.3 Å². The molecule has 6 heteroatoms. The largest absolute Gasteiger partial charge is 0.360 e. The fourth-order valence-corrected chi connectivity index (χ4v) is 2.93. The molecular formula is C16H18ClN3O2. The Labute approximate surface area is 134 Å². The van der Waals surface area contributed by atoms with Gasteiger partial charge in [0.25, 0.3) is 0 Å². The zero-order valence-corrected chi connectivity index (χ0v) is 12.9. The molecule has 5 nitrogen and oxygen atoms in total. The molecule has 0 spiro atoms. The third-order valence-corrected chi connectivity index (χ3v) is 4.19. The van der Waals surface area contributed by atoms with Crippen LogP contribution in [0.25, 0.3) is 0 Å². The zero-order chi connectivity index (χ0) is 15.4. The van der Waals surface area contributed by atoms with E-state index in [0.29, 0.717) is 17.3 Å². The Balaban J connectivity index is 1.72. The van der Waals surface area contributed by atoms with Crippen molar-refractivity contribution >= 4 is 23.3 Å². The SMILES string of the molecule is O=C(Nc1ccc(Cl)cc1)N(Cc1ccno1)C1CCCC1. The van der Waals surface area contributed by atoms with Crippen LogP contribution in [-0.2, 0) is 6.54 Å². The second-order valence-corrected chi connectivity index (χ2v) is 5.92. The molecule has 3 rings (SSSR count). The van der Waals surface area contributed by atoms with Crippen molar-refractivity contribution in [1.82, 2.24) is 10.1 Å². The van der Waals surface area contributed by atoms with E-state index in [-0.39, 0.29) is 12.1 Å². The molecule has 1 aliphatic rings. The number of carbonyl (C=O) groups excluding carboxylic acids is 1. The number of aromatic nitrogens is 1. The van der Waals surface area contributed by atoms with Gasteiger partial charge in [-0.25, -0.2) is 4.79 Å². The molecule has 0 unspecified atom stereocenters. The van der Waals surface area contributed by atoms with Gasteiger partial charge in [0.1, 0.15) is 0 Å². The molecule has 1 N–H and O–H groups in total. The van der Waals surface area contributed by atoms with Gasteiger partial charge in [-0.3, -0.25) is 0 Å². The molecule has 0 aliphatic heterocycles. The number of benzene rings is 1. The van der Waals surface area contributed by atoms with E-state index in [1.54, 1.807) is 36.5 Å². The van der Waals surface area contributed by atoms with Crippen molar-refractivity contribution < 1.29 is 9.32 Å². The summed E-state index contributed by atoms with van der Waals surface area (Å²) in [6.07, 6.45) is 5.97. The van der Waals surface area contributed by atoms with Gasteiger partial charge in [-0.15, -0.1) is 0 Å². The molecule has 0 atom stereocenters. The lowest BCUT2D eigenvalue weighted by molar-refractivity contribution is 0.175. The summed E-state index contributed by atoms with van der Waals surface area (Å²) in [5, 5.41) is 7.28. The molecule has 0 saturated heterocycles. The van der Waals surface area contributed by atoms with Crippen molar-refractivity contribution in [2.75, 3.05) is 5.32 Å². The summed E-state index contributed by atoms with van der Waals surface area (Å²) < 4.78 is 5.15. The predicted octanol–water partition coefficient (Wildman–Crippen LogP) is 4.30. The van der Waals surface area contributed by atoms with Crippen molar-refractivity contribution in [3.63, 3.8) is 0 Å². The molecule has 1 heterocycles. The number of amides is 2. The van der Waals surface area contributed by atoms with E-state index >= 15 is 0 Å². The van der Waals surface area contributed by atoms with Crippen LogP contribution in [0, 0.1) is 0 Å². The molecule has 1 fully saturated rings. The van der Waals surface area contributed by atoms with E-state index in [1.807, 2.05) is 4.90 Å². The summed E-state index contributed by atoms with van der Waals surface area (Å²) in [5.74, 6) is 0.693. The Hall–Kier alpha value is -2.01. The maximum atomic E-state index is 12.6. The van der Waals surface area contributed by atoms with Gasteiger partial charge >= 0.3 is 6.03 Å². The molecule has 1 aliphatic carbocycles. The van der Waals surface area contributed by atoms with Crippen LogP contribution >= 0.6 is 11.6 Å². The first-order valence-corrected chi connectivity index (χ1v) is 7.83. The van der Waals surface area contributed by atoms with Crippen LogP contribution in [0.5, 0.6) is 0 Å². The van der Waals surface area contributed by atoms with E-state index in [2.05, 4.69) is 10.5 Å². The molecule has 1 aromatic heterocycles. The predicted molar refractivity (Wildman–Crippen MR) is 84.8 cm³/mol. The van der Waals surface area contributed by atoms with Crippen LogP contribution < -0.4 is 5.32 Å². The van der Waals surface area contributed by atoms with Crippen LogP contribution in [-0.4, -0.2) is 22.1 Å². The first-order valence-electron chi connectivity index (χ1n) is 7.45. The zero-order valence-electron chi connectivity index (χ0n) is 12.2. The van der Waals surface area contributed by atoms with Crippen molar-refractivity contribution in [3.8, 4) is 0 Å². The standard InChI is InChI=1S/C16H18ClN3O2/c17-12-5-7-13(8-6-12)19-16(21)20(14-3-1-2-4-14)11-15-9-10-18-22-15/h5-10,14H,1-4,11H2,(H,19,21). The normalized spacial score (nSPS) is 15.0. The quantitative estimate of drug-likeness (QED) is 0.913. The van der Waals surface area contributed by atoms with Gasteiger partial charge in [0.2, 0.25) is 0 Å². The lowest BCUT2D eigenvalue weighted by Crippen LogP contribution is -2.41. The second kappa shape index (κ2) is 6.83. The Bertz CT molecular complexity index is 607. The molecule has 0 radical (unpaired) electrons. The van der Waals surface area contributed by atoms with Crippen molar-refractivity contribution in [1.29, 1.82) is 0 Å². The van der Waals surface area contributed by atoms with Gasteiger partial charge in [0.15, 0.2) is 5.76 Å². The molecule has 2 aromatic rings. The Morgan fingerprint density at radius 2 is 2.00 bits per heavy atom. The summed E-state index contributed by atoms with van der Waals surface area (Å²) in [6.45, 7) is 0.435. The summed E-state index contributed by atoms with van der Waals surface area (Å²) in [4.78, 5) is 14.5. The average molecular weight is 320 g/mol. The van der Waals surface area contributed by atoms with Crippen LogP contribution in [0.15, 0.2) is 41.1 Å². The first-order chi connectivity index (χ1) is 10.7. The van der Waals surface area contributed by atoms with E-state index in [4.69, 9.17) is 16.1 Å². The van der Waals surface area contributed by atoms with Gasteiger partial charge in [0, 0.05) is 22.8 Å². The van der Waals surface area contributed by atoms with Crippen LogP contribution in [0.3, 0.4) is 0 Å². The molecule has 116 valence electrons. The number of nitrogens with zero attached hydrogens (tertiary/aromatic N) is 2. The van der Waals surface area contributed by atoms with E-state index in [0.717, 1.165) is 31.4 Å². The van der Waals surface area contributed by atoms with Crippen LogP contribution in [0.4, 0.5) is 10.5 Å². The summed E-state index contributed by atoms with van der Waals surface area (Å²) in [6, 6.07) is 9.02. The third kappa shape index (κ3) is 3.60. The maximum Gasteiger partial charge on any atom is 0.322 e. The molecule has 0 bridgehead atoms. The van der Waals surface area contributed by atoms with Crippen LogP contribution in [0.2, 0.25) is 5.02 Å². The van der Waals surface area contributed by atoms with Crippen molar-refractivity contribution in [3.05, 3.63) is 47.3 Å². The highest BCUT2D eigenvalue weighted by Gasteiger charge is 2.27. The average Bonchev–Trinajstić information content (AvgIpc) is 3.20. The van der Waals surface area contributed by atoms with E-state index < -0.39 is 0 Å². The third-order valence-electron chi connectivity index (χ3n) is 3.94. The monoisotopic (exact) mass is 319 g/mol. The fourth-order valence-electron chi connectivity index (χ4n) is 2.80. The maximum absolute atomic E-state index is 12.6. The fraction of sp³-hybridized carbons (Fsp3) is 0.375. The number of urea groups is 1. The molecular weight excluding hydrogens is 302 g/mol. The summed E-state index contributed by atoms with van der Waals surface area (Å²) >= 11 is 5.87. The van der Waals surface area contributed by atoms with Crippen molar-refractivity contribution in [2.24, 2.45) is 0 Å². The number of hydrogen-bond acceptors (Lipinski definition) is 3. The smallest absolute Gasteiger partial charge is 0.322 e. The number of hydrogen-bond donors (Lipinski definition) is 1. The highest BCUT2D eigenvalue weighted by molar-refractivity contribution is 6.30. The van der Waals surface area contributed by atoms with Gasteiger partial charge in [-0.05, 0) is 37.1 Å². The van der Waals surface area contributed by atoms with Gasteiger partial charge in [0.05, 0.1) is 12.7 Å². The Morgan fingerprint density at radius 3 is 2.64 bits per heavy atom. The highest BCUT2D eigenvalue weighted by atomic mass is 35.5. The molecule has 1 aromatic carbocycles. The summed E-state index contributed by atoms with van der Waals surface area (Å²) in [5.41, 5.74) is 0.731. The Morgan fingerprint density at radius 1 is 1.27 bits per heavy atom. The summed E-state index contributed by atoms with van der Waals surface area (Å²) in [7, 11) is 0. The minimum absolute atomic E-state index is 0.120. The number of halogens is 1. The number of nitrogens with one attached hydrogen (secondary N) is 1. The van der Waals surface area contributed by atoms with E-state index in [1.165, 1.54) is 0 Å². The lowest BCUT2D eigenvalue weighted by Gasteiger charge is -2.28. The molecule has 1 saturated carbocycles. The molecule has 22 heavy (non-hydrogen) atoms. The first kappa shape index (κ1) is 14.9. The van der Waals surface area contributed by atoms with Gasteiger partial charge in [-0.2, -0.15) is 0 Å². The Kier molecular flexibility index (Phi) is 4.63. The van der Waals surface area contributed by atoms with Gasteiger partial charge in [-0.1, -0.05) is 29.6 Å². The number of rotatable bonds is 4. The minimum atomic E-state index is -0.120. The molecule has 2 amide bonds.